The Bertz CT molecular complexity index is 394. The smallest absolute Gasteiger partial charge is 0.319 e. The van der Waals surface area contributed by atoms with Gasteiger partial charge in [-0.15, -0.1) is 11.3 Å². The third-order valence-corrected chi connectivity index (χ3v) is 2.85. The number of hydrogen-bond acceptors (Lipinski definition) is 3. The number of carbonyl (C=O) groups is 1. The molecular weight excluding hydrogens is 260 g/mol. The molecule has 0 bridgehead atoms. The zero-order chi connectivity index (χ0) is 13.1. The summed E-state index contributed by atoms with van der Waals surface area (Å²) in [6.45, 7) is -1.13. The summed E-state index contributed by atoms with van der Waals surface area (Å²) in [5, 5.41) is 3.68. The van der Waals surface area contributed by atoms with Crippen molar-refractivity contribution in [2.75, 3.05) is 6.54 Å². The molecule has 0 aliphatic rings. The monoisotopic (exact) mass is 270 g/mol. The highest BCUT2D eigenvalue weighted by Gasteiger charge is 2.39. The minimum absolute atomic E-state index is 0.0136. The number of amides is 1. The molecule has 8 heteroatoms. The first-order chi connectivity index (χ1) is 7.83. The van der Waals surface area contributed by atoms with E-state index in [9.17, 15) is 22.4 Å². The van der Waals surface area contributed by atoms with Crippen LogP contribution in [-0.4, -0.2) is 24.8 Å². The lowest BCUT2D eigenvalue weighted by Gasteiger charge is -2.15. The lowest BCUT2D eigenvalue weighted by molar-refractivity contribution is -0.125. The first-order valence-electron chi connectivity index (χ1n) is 4.57. The van der Waals surface area contributed by atoms with Crippen molar-refractivity contribution in [3.8, 4) is 0 Å². The van der Waals surface area contributed by atoms with Crippen LogP contribution in [0.25, 0.3) is 0 Å². The van der Waals surface area contributed by atoms with Crippen molar-refractivity contribution >= 4 is 17.2 Å². The fourth-order valence-corrected chi connectivity index (χ4v) is 1.88. The van der Waals surface area contributed by atoms with Gasteiger partial charge in [-0.3, -0.25) is 4.79 Å². The minimum Gasteiger partial charge on any atom is -0.366 e. The lowest BCUT2D eigenvalue weighted by Crippen LogP contribution is -2.38. The van der Waals surface area contributed by atoms with Gasteiger partial charge in [0.15, 0.2) is 0 Å². The molecule has 0 radical (unpaired) electrons. The van der Waals surface area contributed by atoms with E-state index in [-0.39, 0.29) is 12.1 Å². The largest absolute Gasteiger partial charge is 0.366 e. The Morgan fingerprint density at radius 1 is 1.53 bits per heavy atom. The van der Waals surface area contributed by atoms with Gasteiger partial charge < -0.3 is 11.1 Å². The third kappa shape index (κ3) is 3.97. The molecule has 1 amide bonds. The van der Waals surface area contributed by atoms with Gasteiger partial charge in [-0.2, -0.15) is 8.78 Å². The molecule has 17 heavy (non-hydrogen) atoms. The van der Waals surface area contributed by atoms with Crippen LogP contribution in [0.4, 0.5) is 17.6 Å². The maximum absolute atomic E-state index is 12.5. The summed E-state index contributed by atoms with van der Waals surface area (Å²) >= 11 is 1.14. The average Bonchev–Trinajstić information content (AvgIpc) is 2.66. The van der Waals surface area contributed by atoms with Crippen LogP contribution < -0.4 is 11.1 Å². The van der Waals surface area contributed by atoms with Gasteiger partial charge in [0.05, 0.1) is 12.1 Å². The van der Waals surface area contributed by atoms with Gasteiger partial charge in [0.2, 0.25) is 5.91 Å². The Morgan fingerprint density at radius 2 is 2.18 bits per heavy atom. The van der Waals surface area contributed by atoms with Crippen molar-refractivity contribution in [1.29, 1.82) is 0 Å². The summed E-state index contributed by atoms with van der Waals surface area (Å²) in [5.41, 5.74) is 5.26. The van der Waals surface area contributed by atoms with E-state index in [4.69, 9.17) is 5.73 Å². The molecular formula is C9H10F4N2OS. The van der Waals surface area contributed by atoms with Gasteiger partial charge in [0.1, 0.15) is 0 Å². The zero-order valence-corrected chi connectivity index (χ0v) is 9.37. The number of nitrogens with two attached hydrogens (primary N) is 1. The standard InChI is InChI=1S/C9H10F4N2OS/c10-8(11)9(12,13)4-15-2-6-1-5(3-17-6)7(14)16/h1,3,8,15H,2,4H2,(H2,14,16). The topological polar surface area (TPSA) is 55.1 Å². The van der Waals surface area contributed by atoms with Gasteiger partial charge in [-0.1, -0.05) is 0 Å². The summed E-state index contributed by atoms with van der Waals surface area (Å²) in [6.07, 6.45) is -3.69. The number of nitrogens with one attached hydrogen (secondary N) is 1. The van der Waals surface area contributed by atoms with E-state index in [1.807, 2.05) is 0 Å². The van der Waals surface area contributed by atoms with Crippen molar-refractivity contribution in [2.45, 2.75) is 18.9 Å². The second-order valence-corrected chi connectivity index (χ2v) is 4.33. The van der Waals surface area contributed by atoms with Crippen molar-refractivity contribution in [1.82, 2.24) is 5.32 Å². The van der Waals surface area contributed by atoms with E-state index in [0.29, 0.717) is 4.88 Å². The number of halogens is 4. The number of thiophene rings is 1. The lowest BCUT2D eigenvalue weighted by atomic mass is 10.3. The second-order valence-electron chi connectivity index (χ2n) is 3.33. The summed E-state index contributed by atoms with van der Waals surface area (Å²) in [5.74, 6) is -4.67. The number of alkyl halides is 4. The predicted octanol–water partition coefficient (Wildman–Crippen LogP) is 1.84. The van der Waals surface area contributed by atoms with Crippen molar-refractivity contribution in [3.63, 3.8) is 0 Å². The highest BCUT2D eigenvalue weighted by atomic mass is 32.1. The van der Waals surface area contributed by atoms with Crippen molar-refractivity contribution < 1.29 is 22.4 Å². The fraction of sp³-hybridized carbons (Fsp3) is 0.444. The maximum Gasteiger partial charge on any atom is 0.319 e. The molecule has 1 aromatic rings. The Morgan fingerprint density at radius 3 is 2.65 bits per heavy atom. The Kier molecular flexibility index (Phi) is 4.47. The van der Waals surface area contributed by atoms with Gasteiger partial charge >= 0.3 is 12.3 Å². The van der Waals surface area contributed by atoms with Crippen LogP contribution in [0, 0.1) is 0 Å². The fourth-order valence-electron chi connectivity index (χ4n) is 1.03. The Hall–Kier alpha value is -1.15. The van der Waals surface area contributed by atoms with Crippen molar-refractivity contribution in [3.05, 3.63) is 21.9 Å². The summed E-state index contributed by atoms with van der Waals surface area (Å²) in [4.78, 5) is 11.3. The molecule has 0 aliphatic carbocycles. The molecule has 0 spiro atoms. The normalized spacial score (nSPS) is 12.1. The predicted molar refractivity (Wildman–Crippen MR) is 55.5 cm³/mol. The molecule has 0 fully saturated rings. The molecule has 96 valence electrons. The Labute approximate surface area is 98.6 Å². The highest BCUT2D eigenvalue weighted by molar-refractivity contribution is 7.10. The first-order valence-corrected chi connectivity index (χ1v) is 5.45. The van der Waals surface area contributed by atoms with E-state index in [1.165, 1.54) is 11.4 Å². The molecule has 0 saturated heterocycles. The second kappa shape index (κ2) is 5.46. The van der Waals surface area contributed by atoms with E-state index in [0.717, 1.165) is 11.3 Å². The molecule has 1 aromatic heterocycles. The van der Waals surface area contributed by atoms with Crippen LogP contribution in [0.15, 0.2) is 11.4 Å². The quantitative estimate of drug-likeness (QED) is 0.775. The van der Waals surface area contributed by atoms with Crippen molar-refractivity contribution in [2.24, 2.45) is 5.73 Å². The summed E-state index contributed by atoms with van der Waals surface area (Å²) < 4.78 is 48.6. The molecule has 0 saturated carbocycles. The molecule has 0 unspecified atom stereocenters. The van der Waals surface area contributed by atoms with Gasteiger partial charge in [-0.25, -0.2) is 8.78 Å². The van der Waals surface area contributed by atoms with E-state index in [1.54, 1.807) is 0 Å². The van der Waals surface area contributed by atoms with Crippen LogP contribution >= 0.6 is 11.3 Å². The van der Waals surface area contributed by atoms with E-state index >= 15 is 0 Å². The van der Waals surface area contributed by atoms with Crippen LogP contribution in [0.2, 0.25) is 0 Å². The zero-order valence-electron chi connectivity index (χ0n) is 8.55. The van der Waals surface area contributed by atoms with E-state index < -0.39 is 24.8 Å². The molecule has 1 heterocycles. The molecule has 0 aliphatic heterocycles. The molecule has 3 nitrogen and oxygen atoms in total. The number of carbonyl (C=O) groups excluding carboxylic acids is 1. The highest BCUT2D eigenvalue weighted by Crippen LogP contribution is 2.22. The van der Waals surface area contributed by atoms with Crippen LogP contribution in [0.1, 0.15) is 15.2 Å². The SMILES string of the molecule is NC(=O)c1csc(CNCC(F)(F)C(F)F)c1. The first kappa shape index (κ1) is 13.9. The maximum atomic E-state index is 12.5. The van der Waals surface area contributed by atoms with Gasteiger partial charge in [0.25, 0.3) is 0 Å². The molecule has 1 rings (SSSR count). The molecule has 3 N–H and O–H groups in total. The molecule has 0 aromatic carbocycles. The van der Waals surface area contributed by atoms with Gasteiger partial charge in [0, 0.05) is 16.8 Å². The summed E-state index contributed by atoms with van der Waals surface area (Å²) in [7, 11) is 0. The average molecular weight is 270 g/mol. The number of rotatable bonds is 6. The summed E-state index contributed by atoms with van der Waals surface area (Å²) in [6, 6.07) is 1.43. The Balaban J connectivity index is 2.43. The number of primary amides is 1. The van der Waals surface area contributed by atoms with Crippen LogP contribution in [0.3, 0.4) is 0 Å². The minimum atomic E-state index is -4.05. The van der Waals surface area contributed by atoms with Crippen LogP contribution in [0.5, 0.6) is 0 Å². The van der Waals surface area contributed by atoms with Crippen LogP contribution in [-0.2, 0) is 6.54 Å². The van der Waals surface area contributed by atoms with E-state index in [2.05, 4.69) is 5.32 Å². The van der Waals surface area contributed by atoms with Gasteiger partial charge in [-0.05, 0) is 6.07 Å². The third-order valence-electron chi connectivity index (χ3n) is 1.92. The molecule has 0 atom stereocenters. The number of hydrogen-bond donors (Lipinski definition) is 2.